The zero-order valence-electron chi connectivity index (χ0n) is 11.2. The topological polar surface area (TPSA) is 52.9 Å². The van der Waals surface area contributed by atoms with Gasteiger partial charge in [0.25, 0.3) is 5.56 Å². The van der Waals surface area contributed by atoms with Gasteiger partial charge in [0.2, 0.25) is 0 Å². The van der Waals surface area contributed by atoms with E-state index in [2.05, 4.69) is 0 Å². The molecule has 0 aliphatic heterocycles. The van der Waals surface area contributed by atoms with Gasteiger partial charge in [0, 0.05) is 12.6 Å². The second kappa shape index (κ2) is 4.74. The monoisotopic (exact) mass is 265 g/mol. The largest absolute Gasteiger partial charge is 0.392 e. The van der Waals surface area contributed by atoms with E-state index in [9.17, 15) is 4.79 Å². The predicted molar refractivity (Wildman–Crippen MR) is 80.9 cm³/mol. The van der Waals surface area contributed by atoms with Crippen molar-refractivity contribution in [2.45, 2.75) is 0 Å². The van der Waals surface area contributed by atoms with Gasteiger partial charge >= 0.3 is 0 Å². The molecular weight excluding hydrogens is 250 g/mol. The van der Waals surface area contributed by atoms with Crippen molar-refractivity contribution in [1.29, 1.82) is 0 Å². The van der Waals surface area contributed by atoms with E-state index in [-0.39, 0.29) is 11.2 Å². The van der Waals surface area contributed by atoms with E-state index in [4.69, 9.17) is 5.73 Å². The maximum atomic E-state index is 12.2. The third-order valence-electron chi connectivity index (χ3n) is 3.34. The Morgan fingerprint density at radius 2 is 1.45 bits per heavy atom. The molecule has 20 heavy (non-hydrogen) atoms. The van der Waals surface area contributed by atoms with Gasteiger partial charge in [-0.1, -0.05) is 48.5 Å². The molecule has 4 nitrogen and oxygen atoms in total. The van der Waals surface area contributed by atoms with E-state index < -0.39 is 0 Å². The van der Waals surface area contributed by atoms with Crippen molar-refractivity contribution in [3.05, 3.63) is 71.0 Å². The second-order valence-electron chi connectivity index (χ2n) is 4.60. The zero-order valence-corrected chi connectivity index (χ0v) is 11.2. The zero-order chi connectivity index (χ0) is 14.1. The predicted octanol–water partition coefficient (Wildman–Crippen LogP) is 2.43. The SMILES string of the molecule is Cn1c(=O)c(N)c(-c2ccccc2)n1-c1ccccc1. The summed E-state index contributed by atoms with van der Waals surface area (Å²) in [5.74, 6) is 0. The molecule has 0 saturated carbocycles. The average Bonchev–Trinajstić information content (AvgIpc) is 2.73. The molecule has 0 saturated heterocycles. The van der Waals surface area contributed by atoms with E-state index >= 15 is 0 Å². The Morgan fingerprint density at radius 3 is 2.05 bits per heavy atom. The molecule has 100 valence electrons. The van der Waals surface area contributed by atoms with Gasteiger partial charge in [0.05, 0.1) is 11.4 Å². The van der Waals surface area contributed by atoms with Crippen LogP contribution in [0.2, 0.25) is 0 Å². The van der Waals surface area contributed by atoms with Crippen molar-refractivity contribution in [2.24, 2.45) is 7.05 Å². The van der Waals surface area contributed by atoms with Crippen LogP contribution in [0.1, 0.15) is 0 Å². The lowest BCUT2D eigenvalue weighted by Gasteiger charge is -2.12. The molecular formula is C16H15N3O. The number of hydrogen-bond acceptors (Lipinski definition) is 2. The molecule has 2 N–H and O–H groups in total. The molecule has 3 aromatic rings. The molecule has 0 bridgehead atoms. The summed E-state index contributed by atoms with van der Waals surface area (Å²) in [5, 5.41) is 0. The lowest BCUT2D eigenvalue weighted by Crippen LogP contribution is -2.19. The summed E-state index contributed by atoms with van der Waals surface area (Å²) in [6, 6.07) is 19.4. The van der Waals surface area contributed by atoms with Crippen LogP contribution in [0.5, 0.6) is 0 Å². The number of nitrogen functional groups attached to an aromatic ring is 1. The van der Waals surface area contributed by atoms with E-state index in [1.165, 1.54) is 4.68 Å². The molecule has 0 amide bonds. The molecule has 3 rings (SSSR count). The smallest absolute Gasteiger partial charge is 0.290 e. The van der Waals surface area contributed by atoms with Gasteiger partial charge in [-0.3, -0.25) is 4.79 Å². The van der Waals surface area contributed by atoms with Gasteiger partial charge in [-0.15, -0.1) is 0 Å². The van der Waals surface area contributed by atoms with Gasteiger partial charge < -0.3 is 5.73 Å². The van der Waals surface area contributed by atoms with Gasteiger partial charge in [-0.2, -0.15) is 0 Å². The number of nitrogens with two attached hydrogens (primary N) is 1. The molecule has 2 aromatic carbocycles. The molecule has 0 aliphatic carbocycles. The molecule has 0 radical (unpaired) electrons. The van der Waals surface area contributed by atoms with Crippen LogP contribution in [0.4, 0.5) is 5.69 Å². The highest BCUT2D eigenvalue weighted by Crippen LogP contribution is 2.26. The maximum absolute atomic E-state index is 12.2. The van der Waals surface area contributed by atoms with Crippen LogP contribution < -0.4 is 11.3 Å². The minimum Gasteiger partial charge on any atom is -0.392 e. The first-order valence-corrected chi connectivity index (χ1v) is 6.38. The maximum Gasteiger partial charge on any atom is 0.290 e. The number of aromatic nitrogens is 2. The molecule has 0 atom stereocenters. The fraction of sp³-hybridized carbons (Fsp3) is 0.0625. The number of anilines is 1. The van der Waals surface area contributed by atoms with Gasteiger partial charge in [0.15, 0.2) is 0 Å². The van der Waals surface area contributed by atoms with Crippen molar-refractivity contribution in [3.8, 4) is 16.9 Å². The van der Waals surface area contributed by atoms with Crippen molar-refractivity contribution in [1.82, 2.24) is 9.36 Å². The summed E-state index contributed by atoms with van der Waals surface area (Å²) in [5.41, 5.74) is 8.65. The molecule has 1 heterocycles. The Hall–Kier alpha value is -2.75. The van der Waals surface area contributed by atoms with Crippen LogP contribution in [0, 0.1) is 0 Å². The van der Waals surface area contributed by atoms with Gasteiger partial charge in [-0.05, 0) is 12.1 Å². The van der Waals surface area contributed by atoms with Gasteiger partial charge in [-0.25, -0.2) is 9.36 Å². The minimum atomic E-state index is -0.187. The summed E-state index contributed by atoms with van der Waals surface area (Å²) in [6.45, 7) is 0. The van der Waals surface area contributed by atoms with Crippen LogP contribution >= 0.6 is 0 Å². The van der Waals surface area contributed by atoms with E-state index in [0.717, 1.165) is 16.9 Å². The number of rotatable bonds is 2. The first kappa shape index (κ1) is 12.3. The summed E-state index contributed by atoms with van der Waals surface area (Å²) >= 11 is 0. The molecule has 4 heteroatoms. The Morgan fingerprint density at radius 1 is 0.900 bits per heavy atom. The van der Waals surface area contributed by atoms with Crippen LogP contribution in [0.15, 0.2) is 65.5 Å². The fourth-order valence-electron chi connectivity index (χ4n) is 2.38. The van der Waals surface area contributed by atoms with Gasteiger partial charge in [0.1, 0.15) is 5.69 Å². The summed E-state index contributed by atoms with van der Waals surface area (Å²) in [4.78, 5) is 12.2. The molecule has 0 aliphatic rings. The summed E-state index contributed by atoms with van der Waals surface area (Å²) in [7, 11) is 1.72. The minimum absolute atomic E-state index is 0.187. The Kier molecular flexibility index (Phi) is 2.91. The van der Waals surface area contributed by atoms with Crippen molar-refractivity contribution >= 4 is 5.69 Å². The van der Waals surface area contributed by atoms with Crippen LogP contribution in [-0.2, 0) is 7.05 Å². The number of hydrogen-bond donors (Lipinski definition) is 1. The van der Waals surface area contributed by atoms with E-state index in [0.29, 0.717) is 0 Å². The normalized spacial score (nSPS) is 10.7. The Labute approximate surface area is 116 Å². The van der Waals surface area contributed by atoms with E-state index in [1.807, 2.05) is 65.3 Å². The summed E-state index contributed by atoms with van der Waals surface area (Å²) in [6.07, 6.45) is 0. The fourth-order valence-corrected chi connectivity index (χ4v) is 2.38. The lowest BCUT2D eigenvalue weighted by molar-refractivity contribution is 0.646. The Bertz CT molecular complexity index is 720. The van der Waals surface area contributed by atoms with Crippen LogP contribution in [-0.4, -0.2) is 9.36 Å². The average molecular weight is 265 g/mol. The number of para-hydroxylation sites is 1. The highest BCUT2D eigenvalue weighted by atomic mass is 16.1. The second-order valence-corrected chi connectivity index (χ2v) is 4.60. The van der Waals surface area contributed by atoms with Crippen LogP contribution in [0.25, 0.3) is 16.9 Å². The summed E-state index contributed by atoms with van der Waals surface area (Å²) < 4.78 is 3.38. The standard InChI is InChI=1S/C16H15N3O/c1-18-16(20)14(17)15(12-8-4-2-5-9-12)19(18)13-10-6-3-7-11-13/h2-11H,17H2,1H3. The molecule has 0 fully saturated rings. The molecule has 0 unspecified atom stereocenters. The van der Waals surface area contributed by atoms with Crippen molar-refractivity contribution in [2.75, 3.05) is 5.73 Å². The molecule has 1 aromatic heterocycles. The number of benzene rings is 2. The van der Waals surface area contributed by atoms with E-state index in [1.54, 1.807) is 7.05 Å². The Balaban J connectivity index is 2.36. The highest BCUT2D eigenvalue weighted by Gasteiger charge is 2.17. The van der Waals surface area contributed by atoms with Crippen molar-refractivity contribution < 1.29 is 0 Å². The first-order chi connectivity index (χ1) is 9.70. The quantitative estimate of drug-likeness (QED) is 0.773. The number of nitrogens with zero attached hydrogens (tertiary/aromatic N) is 2. The van der Waals surface area contributed by atoms with Crippen LogP contribution in [0.3, 0.4) is 0 Å². The molecule has 0 spiro atoms. The van der Waals surface area contributed by atoms with Crippen molar-refractivity contribution in [3.63, 3.8) is 0 Å². The third kappa shape index (κ3) is 1.82. The first-order valence-electron chi connectivity index (χ1n) is 6.38. The third-order valence-corrected chi connectivity index (χ3v) is 3.34. The highest BCUT2D eigenvalue weighted by molar-refractivity contribution is 5.74. The lowest BCUT2D eigenvalue weighted by atomic mass is 10.1.